The zero-order valence-electron chi connectivity index (χ0n) is 16.2. The number of nitrogens with one attached hydrogen (secondary N) is 1. The molecule has 6 nitrogen and oxygen atoms in total. The van der Waals surface area contributed by atoms with Crippen molar-refractivity contribution in [2.24, 2.45) is 10.9 Å². The number of guanidine groups is 1. The number of methoxy groups -OCH3 is 1. The number of esters is 1. The maximum atomic E-state index is 11.6. The van der Waals surface area contributed by atoms with Crippen LogP contribution in [0.15, 0.2) is 29.3 Å². The fourth-order valence-corrected chi connectivity index (χ4v) is 3.13. The minimum absolute atomic E-state index is 0. The van der Waals surface area contributed by atoms with Crippen LogP contribution in [0.5, 0.6) is 0 Å². The van der Waals surface area contributed by atoms with Gasteiger partial charge in [-0.1, -0.05) is 24.3 Å². The number of hydrogen-bond donors (Lipinski definition) is 1. The summed E-state index contributed by atoms with van der Waals surface area (Å²) in [5.41, 5.74) is 2.54. The molecule has 0 radical (unpaired) electrons. The van der Waals surface area contributed by atoms with E-state index in [1.54, 1.807) is 7.05 Å². The summed E-state index contributed by atoms with van der Waals surface area (Å²) in [6.45, 7) is 3.33. The van der Waals surface area contributed by atoms with Crippen molar-refractivity contribution in [1.29, 1.82) is 0 Å². The number of carbonyl (C=O) groups excluding carboxylic acids is 1. The molecular formula is C19H31IN4O2. The molecule has 26 heavy (non-hydrogen) atoms. The van der Waals surface area contributed by atoms with E-state index < -0.39 is 0 Å². The van der Waals surface area contributed by atoms with Crippen LogP contribution in [0.4, 0.5) is 0 Å². The lowest BCUT2D eigenvalue weighted by Gasteiger charge is -2.33. The zero-order valence-corrected chi connectivity index (χ0v) is 18.5. The van der Waals surface area contributed by atoms with Crippen LogP contribution in [0.25, 0.3) is 0 Å². The van der Waals surface area contributed by atoms with E-state index in [9.17, 15) is 4.79 Å². The zero-order chi connectivity index (χ0) is 18.2. The summed E-state index contributed by atoms with van der Waals surface area (Å²) < 4.78 is 4.84. The lowest BCUT2D eigenvalue weighted by atomic mass is 9.97. The van der Waals surface area contributed by atoms with Gasteiger partial charge in [0, 0.05) is 33.2 Å². The van der Waals surface area contributed by atoms with Gasteiger partial charge >= 0.3 is 5.97 Å². The summed E-state index contributed by atoms with van der Waals surface area (Å²) in [6.07, 6.45) is 1.62. The first-order valence-electron chi connectivity index (χ1n) is 8.79. The number of rotatable bonds is 5. The van der Waals surface area contributed by atoms with Crippen LogP contribution in [0, 0.1) is 5.92 Å². The molecule has 0 bridgehead atoms. The van der Waals surface area contributed by atoms with Gasteiger partial charge in [0.25, 0.3) is 0 Å². The molecule has 7 heteroatoms. The van der Waals surface area contributed by atoms with Crippen LogP contribution in [-0.4, -0.2) is 63.1 Å². The van der Waals surface area contributed by atoms with Gasteiger partial charge < -0.3 is 19.9 Å². The lowest BCUT2D eigenvalue weighted by Crippen LogP contribution is -2.46. The first kappa shape index (κ1) is 22.7. The van der Waals surface area contributed by atoms with E-state index in [1.807, 2.05) is 0 Å². The molecule has 0 amide bonds. The molecule has 1 aliphatic rings. The molecule has 0 atom stereocenters. The number of carbonyl (C=O) groups is 1. The molecule has 1 saturated heterocycles. The molecule has 0 aliphatic carbocycles. The molecule has 1 heterocycles. The third-order valence-electron chi connectivity index (χ3n) is 4.51. The van der Waals surface area contributed by atoms with Crippen molar-refractivity contribution in [1.82, 2.24) is 15.1 Å². The molecule has 0 aromatic heterocycles. The minimum atomic E-state index is -0.0968. The van der Waals surface area contributed by atoms with E-state index in [0.29, 0.717) is 0 Å². The van der Waals surface area contributed by atoms with Crippen molar-refractivity contribution in [3.8, 4) is 0 Å². The quantitative estimate of drug-likeness (QED) is 0.307. The summed E-state index contributed by atoms with van der Waals surface area (Å²) >= 11 is 0. The van der Waals surface area contributed by atoms with Crippen molar-refractivity contribution < 1.29 is 9.53 Å². The predicted octanol–water partition coefficient (Wildman–Crippen LogP) is 2.33. The average Bonchev–Trinajstić information content (AvgIpc) is 2.63. The normalized spacial score (nSPS) is 15.6. The van der Waals surface area contributed by atoms with Crippen molar-refractivity contribution in [3.63, 3.8) is 0 Å². The number of piperidine rings is 1. The molecule has 0 spiro atoms. The first-order chi connectivity index (χ1) is 12.0. The van der Waals surface area contributed by atoms with E-state index in [0.717, 1.165) is 45.0 Å². The second-order valence-electron chi connectivity index (χ2n) is 6.74. The molecule has 1 fully saturated rings. The summed E-state index contributed by atoms with van der Waals surface area (Å²) in [5, 5.41) is 3.42. The largest absolute Gasteiger partial charge is 0.469 e. The Morgan fingerprint density at radius 1 is 1.23 bits per heavy atom. The SMILES string of the molecule is CN=C(NCc1ccc(CN(C)C)cc1)N1CCC(C(=O)OC)CC1.I. The fraction of sp³-hybridized carbons (Fsp3) is 0.579. The van der Waals surface area contributed by atoms with Gasteiger partial charge in [-0.2, -0.15) is 0 Å². The van der Waals surface area contributed by atoms with Crippen LogP contribution in [-0.2, 0) is 22.6 Å². The Hall–Kier alpha value is -1.35. The topological polar surface area (TPSA) is 57.2 Å². The van der Waals surface area contributed by atoms with Gasteiger partial charge in [-0.3, -0.25) is 9.79 Å². The number of nitrogens with zero attached hydrogens (tertiary/aromatic N) is 3. The van der Waals surface area contributed by atoms with Crippen LogP contribution in [0.2, 0.25) is 0 Å². The standard InChI is InChI=1S/C19H30N4O2.HI/c1-20-19(23-11-9-17(10-12-23)18(24)25-4)21-13-15-5-7-16(8-6-15)14-22(2)3;/h5-8,17H,9-14H2,1-4H3,(H,20,21);1H. The number of aliphatic imine (C=N–C) groups is 1. The number of benzene rings is 1. The smallest absolute Gasteiger partial charge is 0.308 e. The second-order valence-corrected chi connectivity index (χ2v) is 6.74. The van der Waals surface area contributed by atoms with E-state index >= 15 is 0 Å². The van der Waals surface area contributed by atoms with E-state index in [1.165, 1.54) is 18.2 Å². The number of halogens is 1. The first-order valence-corrected chi connectivity index (χ1v) is 8.79. The van der Waals surface area contributed by atoms with Gasteiger partial charge in [-0.15, -0.1) is 24.0 Å². The maximum Gasteiger partial charge on any atom is 0.308 e. The van der Waals surface area contributed by atoms with Crippen LogP contribution in [0.3, 0.4) is 0 Å². The molecule has 1 N–H and O–H groups in total. The Labute approximate surface area is 174 Å². The number of likely N-dealkylation sites (tertiary alicyclic amines) is 1. The van der Waals surface area contributed by atoms with Crippen molar-refractivity contribution in [3.05, 3.63) is 35.4 Å². The molecule has 0 unspecified atom stereocenters. The van der Waals surface area contributed by atoms with Crippen molar-refractivity contribution in [2.45, 2.75) is 25.9 Å². The average molecular weight is 474 g/mol. The summed E-state index contributed by atoms with van der Waals surface area (Å²) in [5.74, 6) is 0.810. The Bertz CT molecular complexity index is 582. The molecule has 2 rings (SSSR count). The highest BCUT2D eigenvalue weighted by Crippen LogP contribution is 2.18. The summed E-state index contributed by atoms with van der Waals surface area (Å²) in [6, 6.07) is 8.65. The van der Waals surface area contributed by atoms with Crippen molar-refractivity contribution in [2.75, 3.05) is 41.3 Å². The fourth-order valence-electron chi connectivity index (χ4n) is 3.13. The van der Waals surface area contributed by atoms with Crippen LogP contribution < -0.4 is 5.32 Å². The Balaban J connectivity index is 0.00000338. The maximum absolute atomic E-state index is 11.6. The Kier molecular flexibility index (Phi) is 9.93. The highest BCUT2D eigenvalue weighted by molar-refractivity contribution is 14.0. The van der Waals surface area contributed by atoms with Gasteiger partial charge in [0.05, 0.1) is 13.0 Å². The third-order valence-corrected chi connectivity index (χ3v) is 4.51. The van der Waals surface area contributed by atoms with E-state index in [2.05, 4.69) is 58.5 Å². The summed E-state index contributed by atoms with van der Waals surface area (Å²) in [7, 11) is 7.40. The van der Waals surface area contributed by atoms with E-state index in [4.69, 9.17) is 4.74 Å². The Morgan fingerprint density at radius 3 is 2.31 bits per heavy atom. The summed E-state index contributed by atoms with van der Waals surface area (Å²) in [4.78, 5) is 20.4. The molecule has 1 aliphatic heterocycles. The van der Waals surface area contributed by atoms with Crippen LogP contribution in [0.1, 0.15) is 24.0 Å². The lowest BCUT2D eigenvalue weighted by molar-refractivity contribution is -0.146. The van der Waals surface area contributed by atoms with Gasteiger partial charge in [0.1, 0.15) is 0 Å². The highest BCUT2D eigenvalue weighted by Gasteiger charge is 2.26. The van der Waals surface area contributed by atoms with Gasteiger partial charge in [0.15, 0.2) is 5.96 Å². The van der Waals surface area contributed by atoms with Gasteiger partial charge in [-0.25, -0.2) is 0 Å². The molecule has 146 valence electrons. The number of ether oxygens (including phenoxy) is 1. The van der Waals surface area contributed by atoms with E-state index in [-0.39, 0.29) is 35.9 Å². The second kappa shape index (κ2) is 11.4. The molecule has 0 saturated carbocycles. The molecule has 1 aromatic carbocycles. The monoisotopic (exact) mass is 474 g/mol. The van der Waals surface area contributed by atoms with Gasteiger partial charge in [0.2, 0.25) is 0 Å². The van der Waals surface area contributed by atoms with Crippen molar-refractivity contribution >= 4 is 35.9 Å². The Morgan fingerprint density at radius 2 is 1.81 bits per heavy atom. The van der Waals surface area contributed by atoms with Crippen LogP contribution >= 0.6 is 24.0 Å². The predicted molar refractivity (Wildman–Crippen MR) is 116 cm³/mol. The van der Waals surface area contributed by atoms with Gasteiger partial charge in [-0.05, 0) is 38.1 Å². The molecular weight excluding hydrogens is 443 g/mol. The highest BCUT2D eigenvalue weighted by atomic mass is 127. The number of hydrogen-bond acceptors (Lipinski definition) is 4. The third kappa shape index (κ3) is 6.75. The minimum Gasteiger partial charge on any atom is -0.469 e. The molecule has 1 aromatic rings.